The third-order valence-corrected chi connectivity index (χ3v) is 3.38. The minimum atomic E-state index is -0.251. The van der Waals surface area contributed by atoms with E-state index in [1.165, 1.54) is 7.11 Å². The lowest BCUT2D eigenvalue weighted by Crippen LogP contribution is -2.22. The highest BCUT2D eigenvalue weighted by Crippen LogP contribution is 2.47. The molecule has 0 bridgehead atoms. The molecule has 0 N–H and O–H groups in total. The minimum Gasteiger partial charge on any atom is -0.469 e. The van der Waals surface area contributed by atoms with Crippen molar-refractivity contribution in [2.75, 3.05) is 7.11 Å². The van der Waals surface area contributed by atoms with E-state index >= 15 is 0 Å². The van der Waals surface area contributed by atoms with E-state index in [1.807, 2.05) is 12.2 Å². The molecule has 0 amide bonds. The van der Waals surface area contributed by atoms with Crippen LogP contribution in [-0.2, 0) is 14.3 Å². The Morgan fingerprint density at radius 1 is 1.50 bits per heavy atom. The van der Waals surface area contributed by atoms with Crippen molar-refractivity contribution < 1.29 is 14.3 Å². The van der Waals surface area contributed by atoms with Crippen LogP contribution in [0.1, 0.15) is 25.7 Å². The monoisotopic (exact) mass is 194 g/mol. The molecule has 1 spiro atoms. The van der Waals surface area contributed by atoms with E-state index in [0.717, 1.165) is 12.8 Å². The Kier molecular flexibility index (Phi) is 2.17. The number of rotatable bonds is 1. The lowest BCUT2D eigenvalue weighted by atomic mass is 9.82. The normalized spacial score (nSPS) is 28.6. The predicted octanol–water partition coefficient (Wildman–Crippen LogP) is 1.47. The van der Waals surface area contributed by atoms with E-state index in [4.69, 9.17) is 0 Å². The molecule has 0 aliphatic heterocycles. The SMILES string of the molecule is COC(=O)[C@H]1CC(=O)C2(CC=CC2)C1. The fourth-order valence-corrected chi connectivity index (χ4v) is 2.53. The van der Waals surface area contributed by atoms with Gasteiger partial charge in [-0.25, -0.2) is 0 Å². The lowest BCUT2D eigenvalue weighted by Gasteiger charge is -2.20. The van der Waals surface area contributed by atoms with E-state index in [9.17, 15) is 9.59 Å². The third-order valence-electron chi connectivity index (χ3n) is 3.38. The molecule has 1 saturated carbocycles. The Morgan fingerprint density at radius 3 is 2.71 bits per heavy atom. The average molecular weight is 194 g/mol. The van der Waals surface area contributed by atoms with Crippen LogP contribution in [0, 0.1) is 11.3 Å². The fourth-order valence-electron chi connectivity index (χ4n) is 2.53. The second-order valence-electron chi connectivity index (χ2n) is 4.21. The van der Waals surface area contributed by atoms with Gasteiger partial charge in [0.2, 0.25) is 0 Å². The van der Waals surface area contributed by atoms with Crippen LogP contribution < -0.4 is 0 Å². The summed E-state index contributed by atoms with van der Waals surface area (Å²) in [5.74, 6) is -0.201. The van der Waals surface area contributed by atoms with Crippen LogP contribution in [0.15, 0.2) is 12.2 Å². The summed E-state index contributed by atoms with van der Waals surface area (Å²) in [5.41, 5.74) is -0.251. The minimum absolute atomic E-state index is 0.201. The zero-order valence-corrected chi connectivity index (χ0v) is 8.29. The second kappa shape index (κ2) is 3.23. The maximum absolute atomic E-state index is 11.8. The van der Waals surface area contributed by atoms with Crippen molar-refractivity contribution in [2.24, 2.45) is 11.3 Å². The van der Waals surface area contributed by atoms with Crippen molar-refractivity contribution in [1.82, 2.24) is 0 Å². The molecule has 76 valence electrons. The smallest absolute Gasteiger partial charge is 0.309 e. The molecule has 0 aromatic rings. The van der Waals surface area contributed by atoms with Crippen molar-refractivity contribution in [3.63, 3.8) is 0 Å². The van der Waals surface area contributed by atoms with Gasteiger partial charge in [0.1, 0.15) is 5.78 Å². The number of hydrogen-bond acceptors (Lipinski definition) is 3. The highest BCUT2D eigenvalue weighted by atomic mass is 16.5. The summed E-state index contributed by atoms with van der Waals surface area (Å²) in [6.45, 7) is 0. The van der Waals surface area contributed by atoms with Crippen LogP contribution in [0.5, 0.6) is 0 Å². The molecule has 0 radical (unpaired) electrons. The van der Waals surface area contributed by atoms with Crippen LogP contribution in [-0.4, -0.2) is 18.9 Å². The van der Waals surface area contributed by atoms with Crippen molar-refractivity contribution in [2.45, 2.75) is 25.7 Å². The molecule has 0 saturated heterocycles. The van der Waals surface area contributed by atoms with Gasteiger partial charge < -0.3 is 4.74 Å². The molecule has 3 heteroatoms. The van der Waals surface area contributed by atoms with Gasteiger partial charge in [0.15, 0.2) is 0 Å². The van der Waals surface area contributed by atoms with Crippen molar-refractivity contribution in [1.29, 1.82) is 0 Å². The van der Waals surface area contributed by atoms with Gasteiger partial charge in [-0.15, -0.1) is 0 Å². The Bertz CT molecular complexity index is 296. The second-order valence-corrected chi connectivity index (χ2v) is 4.21. The van der Waals surface area contributed by atoms with Gasteiger partial charge >= 0.3 is 5.97 Å². The van der Waals surface area contributed by atoms with Crippen LogP contribution in [0.3, 0.4) is 0 Å². The summed E-state index contributed by atoms with van der Waals surface area (Å²) >= 11 is 0. The van der Waals surface area contributed by atoms with Gasteiger partial charge in [-0.3, -0.25) is 9.59 Å². The molecule has 0 aromatic heterocycles. The zero-order chi connectivity index (χ0) is 10.2. The summed E-state index contributed by atoms with van der Waals surface area (Å²) in [7, 11) is 1.38. The Balaban J connectivity index is 2.11. The number of allylic oxidation sites excluding steroid dienone is 2. The van der Waals surface area contributed by atoms with Gasteiger partial charge in [0.25, 0.3) is 0 Å². The molecule has 14 heavy (non-hydrogen) atoms. The van der Waals surface area contributed by atoms with Crippen molar-refractivity contribution in [3.8, 4) is 0 Å². The molecule has 3 nitrogen and oxygen atoms in total. The quantitative estimate of drug-likeness (QED) is 0.469. The highest BCUT2D eigenvalue weighted by Gasteiger charge is 2.48. The van der Waals surface area contributed by atoms with Crippen molar-refractivity contribution >= 4 is 11.8 Å². The Morgan fingerprint density at radius 2 is 2.14 bits per heavy atom. The molecule has 2 aliphatic rings. The van der Waals surface area contributed by atoms with E-state index < -0.39 is 0 Å². The molecule has 1 atom stereocenters. The first kappa shape index (κ1) is 9.44. The van der Waals surface area contributed by atoms with Crippen molar-refractivity contribution in [3.05, 3.63) is 12.2 Å². The number of ether oxygens (including phenoxy) is 1. The number of hydrogen-bond donors (Lipinski definition) is 0. The summed E-state index contributed by atoms with van der Waals surface area (Å²) in [4.78, 5) is 23.1. The molecule has 0 aromatic carbocycles. The van der Waals surface area contributed by atoms with Gasteiger partial charge in [-0.05, 0) is 19.3 Å². The van der Waals surface area contributed by atoms with Gasteiger partial charge in [0.05, 0.1) is 13.0 Å². The van der Waals surface area contributed by atoms with Gasteiger partial charge in [-0.1, -0.05) is 12.2 Å². The molecule has 2 rings (SSSR count). The maximum Gasteiger partial charge on any atom is 0.309 e. The number of esters is 1. The standard InChI is InChI=1S/C11H14O3/c1-14-10(13)8-6-9(12)11(7-8)4-2-3-5-11/h2-3,8H,4-7H2,1H3/t8-/m0/s1. The number of ketones is 1. The van der Waals surface area contributed by atoms with Gasteiger partial charge in [-0.2, -0.15) is 0 Å². The molecule has 0 heterocycles. The van der Waals surface area contributed by atoms with Gasteiger partial charge in [0, 0.05) is 11.8 Å². The molecule has 0 unspecified atom stereocenters. The topological polar surface area (TPSA) is 43.4 Å². The summed E-state index contributed by atoms with van der Waals surface area (Å²) in [5, 5.41) is 0. The summed E-state index contributed by atoms with van der Waals surface area (Å²) in [6.07, 6.45) is 6.73. The first-order valence-corrected chi connectivity index (χ1v) is 4.94. The molecular formula is C11H14O3. The van der Waals surface area contributed by atoms with E-state index in [-0.39, 0.29) is 23.1 Å². The maximum atomic E-state index is 11.8. The molecule has 1 fully saturated rings. The van der Waals surface area contributed by atoms with E-state index in [2.05, 4.69) is 4.74 Å². The summed E-state index contributed by atoms with van der Waals surface area (Å²) < 4.78 is 4.67. The predicted molar refractivity (Wildman–Crippen MR) is 50.6 cm³/mol. The lowest BCUT2D eigenvalue weighted by molar-refractivity contribution is -0.145. The number of carbonyl (C=O) groups excluding carboxylic acids is 2. The zero-order valence-electron chi connectivity index (χ0n) is 8.29. The van der Waals surface area contributed by atoms with Crippen LogP contribution >= 0.6 is 0 Å². The number of Topliss-reactive ketones (excluding diaryl/α,β-unsaturated/α-hetero) is 1. The van der Waals surface area contributed by atoms with Crippen LogP contribution in [0.25, 0.3) is 0 Å². The Labute approximate surface area is 83.1 Å². The van der Waals surface area contributed by atoms with Crippen LogP contribution in [0.2, 0.25) is 0 Å². The molecular weight excluding hydrogens is 180 g/mol. The van der Waals surface area contributed by atoms with Crippen LogP contribution in [0.4, 0.5) is 0 Å². The van der Waals surface area contributed by atoms with E-state index in [0.29, 0.717) is 12.8 Å². The first-order chi connectivity index (χ1) is 6.68. The summed E-state index contributed by atoms with van der Waals surface area (Å²) in [6, 6.07) is 0. The Hall–Kier alpha value is -1.12. The third kappa shape index (κ3) is 1.27. The number of carbonyl (C=O) groups is 2. The fraction of sp³-hybridized carbons (Fsp3) is 0.636. The van der Waals surface area contributed by atoms with E-state index in [1.54, 1.807) is 0 Å². The largest absolute Gasteiger partial charge is 0.469 e. The average Bonchev–Trinajstić information content (AvgIpc) is 2.76. The molecule has 2 aliphatic carbocycles. The first-order valence-electron chi connectivity index (χ1n) is 4.94. The number of methoxy groups -OCH3 is 1. The highest BCUT2D eigenvalue weighted by molar-refractivity contribution is 5.93.